The topological polar surface area (TPSA) is 442 Å². The van der Waals surface area contributed by atoms with E-state index < -0.39 is 134 Å². The molecule has 11 heterocycles. The molecule has 1 saturated heterocycles. The normalized spacial score (nSPS) is 23.3. The fourth-order valence-electron chi connectivity index (χ4n) is 12.0. The highest BCUT2D eigenvalue weighted by molar-refractivity contribution is 7.14. The van der Waals surface area contributed by atoms with Crippen molar-refractivity contribution in [2.45, 2.75) is 121 Å². The molecule has 105 heavy (non-hydrogen) atoms. The van der Waals surface area contributed by atoms with Crippen molar-refractivity contribution in [3.63, 3.8) is 0 Å². The average Bonchev–Trinajstić information content (AvgIpc) is 1.34. The molecule has 0 saturated carbocycles. The Morgan fingerprint density at radius 3 is 2.15 bits per heavy atom. The number of nitrogens with zero attached hydrogens (tertiary/aromatic N) is 9. The Bertz CT molecular complexity index is 4720. The van der Waals surface area contributed by atoms with Crippen molar-refractivity contribution >= 4 is 121 Å². The number of carboxylic acids is 1. The maximum absolute atomic E-state index is 15.2. The number of carbonyl (C=O) groups excluding carboxylic acids is 7. The van der Waals surface area contributed by atoms with Gasteiger partial charge in [0.1, 0.15) is 114 Å². The molecule has 558 valence electrons. The smallest absolute Gasteiger partial charge is 0.490 e. The molecule has 0 spiro atoms. The minimum absolute atomic E-state index is 0.000805. The van der Waals surface area contributed by atoms with E-state index in [4.69, 9.17) is 53.3 Å². The summed E-state index contributed by atoms with van der Waals surface area (Å²) in [5, 5.41) is 76.2. The monoisotopic (exact) mass is 1550 g/mol. The van der Waals surface area contributed by atoms with Crippen LogP contribution in [0.1, 0.15) is 120 Å². The molecule has 0 aliphatic carbocycles. The van der Waals surface area contributed by atoms with Gasteiger partial charge in [0.2, 0.25) is 11.8 Å². The number of benzene rings is 1. The van der Waals surface area contributed by atoms with Crippen LogP contribution in [0.15, 0.2) is 56.9 Å². The average molecular weight is 1550 g/mol. The van der Waals surface area contributed by atoms with Crippen LogP contribution >= 0.6 is 56.7 Å². The Hall–Kier alpha value is -9.53. The summed E-state index contributed by atoms with van der Waals surface area (Å²) < 4.78 is 70.1. The highest BCUT2D eigenvalue weighted by Crippen LogP contribution is 2.43. The number of fused-ring (bicyclic) bond motifs is 15. The number of likely N-dealkylation sites (N-methyl/N-ethyl adjacent to an activating group) is 2. The largest absolute Gasteiger partial charge is 0.506 e. The number of ether oxygens (including phenoxy) is 6. The van der Waals surface area contributed by atoms with Crippen molar-refractivity contribution in [1.82, 2.24) is 71.0 Å². The number of rotatable bonds is 10. The standard InChI is InChI=1S/C62H66N14O17S5.C2HF3O2/c1-25(77)42-54(83)72-43(26(2)88-9)57-68-36(24-97-57)53(82)73-46-48-49(93-40-14-62(4,86)50(75(7)8)27(3)92-40)61(85)90-17-28-11-10-12-37-41(28)31(18-89-48)47(76(37)87)60(84)91-19-32(65-51(80)34-23-98-59(46)69-34)56-66-33(21-96-56)44-30(55-67-35(22-95-55)52(81)71-42)13-38(78)45(70-44)58-64-29(20-94-58)15-63-39(79)16-74(5)6;3-2(4,5)1(6)7/h10-13,20-25,27,32,40,42,46,48-50,77-78,86-87H,14-19H2,1-9H3,(H,63,79)(H,65,80)(H,71,81)(H,72,83)(H,73,82);(H,6,7)/b43-26+;/t25-,27+,32+,40+,42+,46+,48+,49+,50-,62+;/m1./s1. The van der Waals surface area contributed by atoms with E-state index in [2.05, 4.69) is 41.5 Å². The van der Waals surface area contributed by atoms with Crippen molar-refractivity contribution in [3.05, 3.63) is 112 Å². The van der Waals surface area contributed by atoms with Gasteiger partial charge in [-0.3, -0.25) is 24.0 Å². The van der Waals surface area contributed by atoms with Crippen molar-refractivity contribution < 1.29 is 106 Å². The second-order valence-electron chi connectivity index (χ2n) is 25.0. The number of hydrogen-bond acceptors (Lipinski definition) is 31. The van der Waals surface area contributed by atoms with Crippen LogP contribution in [0, 0.1) is 0 Å². The first-order valence-electron chi connectivity index (χ1n) is 31.6. The minimum atomic E-state index is -5.08. The summed E-state index contributed by atoms with van der Waals surface area (Å²) in [4.78, 5) is 143. The van der Waals surface area contributed by atoms with E-state index in [1.165, 1.54) is 49.2 Å². The van der Waals surface area contributed by atoms with Gasteiger partial charge in [-0.15, -0.1) is 56.7 Å². The highest BCUT2D eigenvalue weighted by Gasteiger charge is 2.50. The summed E-state index contributed by atoms with van der Waals surface area (Å²) in [5.74, 6) is -9.10. The zero-order valence-electron chi connectivity index (χ0n) is 56.8. The first-order valence-corrected chi connectivity index (χ1v) is 36.0. The minimum Gasteiger partial charge on any atom is -0.506 e. The third kappa shape index (κ3) is 16.6. The second-order valence-corrected chi connectivity index (χ2v) is 29.3. The first kappa shape index (κ1) is 76.6. The lowest BCUT2D eigenvalue weighted by Crippen LogP contribution is -2.62. The number of alkyl halides is 3. The molecule has 5 amide bonds. The van der Waals surface area contributed by atoms with Crippen LogP contribution in [0.3, 0.4) is 0 Å². The fourth-order valence-corrected chi connectivity index (χ4v) is 16.2. The van der Waals surface area contributed by atoms with E-state index in [0.717, 1.165) is 56.7 Å². The molecule has 1 fully saturated rings. The lowest BCUT2D eigenvalue weighted by atomic mass is 9.85. The van der Waals surface area contributed by atoms with Crippen LogP contribution in [0.25, 0.3) is 49.3 Å². The highest BCUT2D eigenvalue weighted by atomic mass is 32.1. The predicted molar refractivity (Wildman–Crippen MR) is 368 cm³/mol. The van der Waals surface area contributed by atoms with Crippen molar-refractivity contribution in [2.75, 3.05) is 48.5 Å². The predicted octanol–water partition coefficient (Wildman–Crippen LogP) is 4.97. The zero-order valence-corrected chi connectivity index (χ0v) is 60.9. The summed E-state index contributed by atoms with van der Waals surface area (Å²) in [7, 11) is 8.38. The number of aromatic nitrogens is 7. The Morgan fingerprint density at radius 1 is 0.838 bits per heavy atom. The molecule has 10 atom stereocenters. The van der Waals surface area contributed by atoms with Crippen LogP contribution in [0.2, 0.25) is 0 Å². The van der Waals surface area contributed by atoms with Gasteiger partial charge in [-0.1, -0.05) is 12.1 Å². The maximum Gasteiger partial charge on any atom is 0.490 e. The molecular weight excluding hydrogens is 1490 g/mol. The maximum atomic E-state index is 15.2. The number of nitrogens with one attached hydrogen (secondary N) is 5. The van der Waals surface area contributed by atoms with Gasteiger partial charge >= 0.3 is 24.1 Å². The van der Waals surface area contributed by atoms with Gasteiger partial charge in [-0.2, -0.15) is 17.9 Å². The molecule has 0 radical (unpaired) electrons. The summed E-state index contributed by atoms with van der Waals surface area (Å²) in [6.45, 7) is 4.57. The molecule has 10 N–H and O–H groups in total. The van der Waals surface area contributed by atoms with E-state index in [0.29, 0.717) is 16.0 Å². The molecule has 0 unspecified atom stereocenters. The number of methoxy groups -OCH3 is 1. The molecule has 12 rings (SSSR count). The molecule has 41 heteroatoms. The van der Waals surface area contributed by atoms with E-state index in [-0.39, 0.29) is 124 Å². The van der Waals surface area contributed by atoms with Crippen LogP contribution in [-0.4, -0.2) is 221 Å². The van der Waals surface area contributed by atoms with E-state index in [9.17, 15) is 52.9 Å². The number of aliphatic hydroxyl groups excluding tert-OH is 1. The first-order chi connectivity index (χ1) is 49.7. The number of carboxylic acid groups (broad SMARTS) is 1. The number of pyridine rings is 1. The quantitative estimate of drug-likeness (QED) is 0.0490. The summed E-state index contributed by atoms with van der Waals surface area (Å²) in [6, 6.07) is 0.904. The molecule has 1 aromatic carbocycles. The van der Waals surface area contributed by atoms with Gasteiger partial charge in [-0.05, 0) is 73.6 Å². The Balaban J connectivity index is 0.00000150. The zero-order chi connectivity index (χ0) is 75.8. The summed E-state index contributed by atoms with van der Waals surface area (Å²) in [5.41, 5.74) is -1.52. The number of allylic oxidation sites excluding steroid dienone is 1. The van der Waals surface area contributed by atoms with Gasteiger partial charge in [0.15, 0.2) is 18.1 Å². The number of amides is 5. The van der Waals surface area contributed by atoms with E-state index in [1.54, 1.807) is 74.7 Å². The molecule has 33 nitrogen and oxygen atoms in total. The number of aliphatic hydroxyl groups is 2. The number of cyclic esters (lactones) is 2. The Morgan fingerprint density at radius 2 is 1.48 bits per heavy atom. The fraction of sp³-hybridized carbons (Fsp3) is 0.406. The third-order valence-electron chi connectivity index (χ3n) is 16.7. The van der Waals surface area contributed by atoms with Crippen LogP contribution in [-0.2, 0) is 67.4 Å². The molecule has 4 aliphatic rings. The molecule has 4 aliphatic heterocycles. The van der Waals surface area contributed by atoms with Gasteiger partial charge in [0.05, 0.1) is 61.9 Å². The van der Waals surface area contributed by atoms with E-state index >= 15 is 14.4 Å². The second kappa shape index (κ2) is 31.3. The third-order valence-corrected chi connectivity index (χ3v) is 21.3. The van der Waals surface area contributed by atoms with Crippen molar-refractivity contribution in [3.8, 4) is 38.4 Å². The number of halogens is 3. The number of thiazole rings is 5. The molecular formula is C64H67F3N14O19S5. The SMILES string of the molecule is CO/C(C)=C1/NC(=O)[C@H]([C@@H](C)O)NC(=O)c2csc(n2)-c2cc(O)c(-c3nc(CNC(=O)CN(C)C)cs3)nc2-c2csc(n2)[C@@H]2COC(=O)c3c4c5c(cccc5n3O)COC(=O)[C@@H](O[C@H]3C[C@](C)(O)[C@H](N(C)C)[C@H](C)O3)[C@@H](OC4)[C@H](NC(=O)c3csc1n3)c1nc(cs1)C(=O)N2.O=C(O)C(F)(F)F. The number of aliphatic carboxylic acids is 1. The number of aromatic hydroxyl groups is 1. The van der Waals surface area contributed by atoms with Crippen LogP contribution in [0.5, 0.6) is 5.75 Å². The number of hydrogen-bond donors (Lipinski definition) is 10. The van der Waals surface area contributed by atoms with Gasteiger partial charge in [0.25, 0.3) is 17.7 Å². The summed E-state index contributed by atoms with van der Waals surface area (Å²) >= 11 is 4.86. The van der Waals surface area contributed by atoms with E-state index in [1.807, 2.05) is 0 Å². The van der Waals surface area contributed by atoms with Crippen molar-refractivity contribution in [2.24, 2.45) is 0 Å². The van der Waals surface area contributed by atoms with Gasteiger partial charge in [0, 0.05) is 49.8 Å². The Kier molecular flexibility index (Phi) is 22.8. The lowest BCUT2D eigenvalue weighted by Gasteiger charge is -2.48. The molecule has 7 aromatic heterocycles. The Labute approximate surface area is 612 Å². The summed E-state index contributed by atoms with van der Waals surface area (Å²) in [6.07, 6.45) is -12.5. The van der Waals surface area contributed by atoms with Crippen LogP contribution in [0.4, 0.5) is 13.2 Å². The lowest BCUT2D eigenvalue weighted by molar-refractivity contribution is -0.280. The number of esters is 2. The van der Waals surface area contributed by atoms with Crippen molar-refractivity contribution in [1.29, 1.82) is 0 Å². The number of carbonyl (C=O) groups is 8. The molecule has 12 bridgehead atoms. The molecule has 8 aromatic rings. The van der Waals surface area contributed by atoms with Gasteiger partial charge < -0.3 is 90.4 Å². The van der Waals surface area contributed by atoms with Gasteiger partial charge in [-0.25, -0.2) is 44.3 Å². The van der Waals surface area contributed by atoms with Crippen LogP contribution < -0.4 is 26.6 Å².